The van der Waals surface area contributed by atoms with Gasteiger partial charge in [0.15, 0.2) is 6.61 Å². The molecule has 0 unspecified atom stereocenters. The van der Waals surface area contributed by atoms with Crippen molar-refractivity contribution in [2.45, 2.75) is 26.4 Å². The SMILES string of the molecule is CC(C)OC(=O)c1ccc(N2C[C@@H](C(=O)OCC(=O)Nc3cccc(Cl)c3Cl)CC2=O)cc1. The van der Waals surface area contributed by atoms with Crippen molar-refractivity contribution in [3.8, 4) is 0 Å². The average Bonchev–Trinajstić information content (AvgIpc) is 3.16. The number of esters is 2. The Bertz CT molecular complexity index is 1070. The lowest BCUT2D eigenvalue weighted by Crippen LogP contribution is -2.28. The fourth-order valence-electron chi connectivity index (χ4n) is 3.22. The van der Waals surface area contributed by atoms with Crippen LogP contribution in [0.3, 0.4) is 0 Å². The van der Waals surface area contributed by atoms with E-state index in [2.05, 4.69) is 5.32 Å². The van der Waals surface area contributed by atoms with E-state index in [1.807, 2.05) is 0 Å². The van der Waals surface area contributed by atoms with Crippen LogP contribution in [-0.2, 0) is 23.9 Å². The van der Waals surface area contributed by atoms with Crippen molar-refractivity contribution >= 4 is 58.3 Å². The summed E-state index contributed by atoms with van der Waals surface area (Å²) in [6, 6.07) is 11.1. The summed E-state index contributed by atoms with van der Waals surface area (Å²) in [5.41, 5.74) is 1.21. The second-order valence-electron chi connectivity index (χ2n) is 7.66. The van der Waals surface area contributed by atoms with Gasteiger partial charge in [-0.3, -0.25) is 14.4 Å². The molecule has 3 rings (SSSR count). The maximum Gasteiger partial charge on any atom is 0.338 e. The summed E-state index contributed by atoms with van der Waals surface area (Å²) in [5, 5.41) is 2.98. The second-order valence-corrected chi connectivity index (χ2v) is 8.45. The molecule has 1 saturated heterocycles. The Hall–Kier alpha value is -3.10. The molecule has 1 aliphatic rings. The standard InChI is InChI=1S/C23H22Cl2N2O6/c1-13(2)33-23(31)14-6-8-16(9-7-14)27-11-15(10-20(27)29)22(30)32-12-19(28)26-18-5-3-4-17(24)21(18)25/h3-9,13,15H,10-12H2,1-2H3,(H,26,28)/t15-/m0/s1. The van der Waals surface area contributed by atoms with Gasteiger partial charge in [-0.1, -0.05) is 29.3 Å². The van der Waals surface area contributed by atoms with Crippen LogP contribution in [0.4, 0.5) is 11.4 Å². The van der Waals surface area contributed by atoms with Crippen molar-refractivity contribution in [1.82, 2.24) is 0 Å². The zero-order chi connectivity index (χ0) is 24.1. The molecular formula is C23H22Cl2N2O6. The Morgan fingerprint density at radius 2 is 1.82 bits per heavy atom. The van der Waals surface area contributed by atoms with Crippen molar-refractivity contribution in [2.75, 3.05) is 23.4 Å². The summed E-state index contributed by atoms with van der Waals surface area (Å²) in [7, 11) is 0. The van der Waals surface area contributed by atoms with Crippen LogP contribution in [0, 0.1) is 5.92 Å². The normalized spacial score (nSPS) is 15.5. The third-order valence-corrected chi connectivity index (χ3v) is 5.61. The number of hydrogen-bond acceptors (Lipinski definition) is 6. The lowest BCUT2D eigenvalue weighted by molar-refractivity contribution is -0.151. The van der Waals surface area contributed by atoms with Gasteiger partial charge >= 0.3 is 11.9 Å². The number of rotatable bonds is 7. The molecule has 2 aromatic rings. The minimum atomic E-state index is -0.717. The summed E-state index contributed by atoms with van der Waals surface area (Å²) in [6.07, 6.45) is -0.286. The second kappa shape index (κ2) is 10.7. The van der Waals surface area contributed by atoms with Crippen molar-refractivity contribution in [3.63, 3.8) is 0 Å². The molecule has 0 radical (unpaired) electrons. The molecule has 174 valence electrons. The molecule has 0 bridgehead atoms. The molecule has 1 N–H and O–H groups in total. The fourth-order valence-corrected chi connectivity index (χ4v) is 3.56. The highest BCUT2D eigenvalue weighted by atomic mass is 35.5. The number of halogens is 2. The number of carbonyl (C=O) groups excluding carboxylic acids is 4. The minimum Gasteiger partial charge on any atom is -0.459 e. The lowest BCUT2D eigenvalue weighted by Gasteiger charge is -2.17. The number of anilines is 2. The van der Waals surface area contributed by atoms with E-state index in [0.29, 0.717) is 16.9 Å². The van der Waals surface area contributed by atoms with Crippen molar-refractivity contribution < 1.29 is 28.7 Å². The van der Waals surface area contributed by atoms with Crippen LogP contribution in [0.15, 0.2) is 42.5 Å². The van der Waals surface area contributed by atoms with Crippen LogP contribution >= 0.6 is 23.2 Å². The molecule has 10 heteroatoms. The maximum absolute atomic E-state index is 12.4. The molecular weight excluding hydrogens is 471 g/mol. The molecule has 1 fully saturated rings. The van der Waals surface area contributed by atoms with Gasteiger partial charge < -0.3 is 19.7 Å². The summed E-state index contributed by atoms with van der Waals surface area (Å²) < 4.78 is 10.2. The molecule has 8 nitrogen and oxygen atoms in total. The monoisotopic (exact) mass is 492 g/mol. The molecule has 0 saturated carbocycles. The van der Waals surface area contributed by atoms with Gasteiger partial charge in [-0.05, 0) is 50.2 Å². The van der Waals surface area contributed by atoms with Gasteiger partial charge in [0.05, 0.1) is 33.3 Å². The zero-order valence-electron chi connectivity index (χ0n) is 18.0. The Morgan fingerprint density at radius 3 is 2.48 bits per heavy atom. The first-order valence-electron chi connectivity index (χ1n) is 10.2. The Kier molecular flexibility index (Phi) is 7.94. The maximum atomic E-state index is 12.4. The van der Waals surface area contributed by atoms with Crippen LogP contribution in [-0.4, -0.2) is 43.0 Å². The van der Waals surface area contributed by atoms with Crippen molar-refractivity contribution in [2.24, 2.45) is 5.92 Å². The third-order valence-electron chi connectivity index (χ3n) is 4.79. The number of hydrogen-bond donors (Lipinski definition) is 1. The topological polar surface area (TPSA) is 102 Å². The fraction of sp³-hybridized carbons (Fsp3) is 0.304. The van der Waals surface area contributed by atoms with E-state index in [9.17, 15) is 19.2 Å². The van der Waals surface area contributed by atoms with E-state index < -0.39 is 30.4 Å². The van der Waals surface area contributed by atoms with Crippen LogP contribution in [0.5, 0.6) is 0 Å². The predicted octanol–water partition coefficient (Wildman–Crippen LogP) is 4.09. The Labute approximate surface area is 200 Å². The quantitative estimate of drug-likeness (QED) is 0.583. The molecule has 0 aliphatic carbocycles. The number of carbonyl (C=O) groups is 4. The van der Waals surface area contributed by atoms with E-state index in [-0.39, 0.29) is 35.0 Å². The lowest BCUT2D eigenvalue weighted by atomic mass is 10.1. The van der Waals surface area contributed by atoms with Crippen LogP contribution in [0.2, 0.25) is 10.0 Å². The van der Waals surface area contributed by atoms with Gasteiger partial charge in [0, 0.05) is 18.7 Å². The zero-order valence-corrected chi connectivity index (χ0v) is 19.5. The van der Waals surface area contributed by atoms with Gasteiger partial charge in [0.1, 0.15) is 0 Å². The first-order valence-corrected chi connectivity index (χ1v) is 10.9. The van der Waals surface area contributed by atoms with E-state index in [1.165, 1.54) is 4.90 Å². The van der Waals surface area contributed by atoms with E-state index in [4.69, 9.17) is 32.7 Å². The molecule has 1 atom stereocenters. The average molecular weight is 493 g/mol. The Morgan fingerprint density at radius 1 is 1.12 bits per heavy atom. The molecule has 0 aromatic heterocycles. The highest BCUT2D eigenvalue weighted by molar-refractivity contribution is 6.44. The third kappa shape index (κ3) is 6.24. The highest BCUT2D eigenvalue weighted by Gasteiger charge is 2.36. The molecule has 0 spiro atoms. The molecule has 33 heavy (non-hydrogen) atoms. The van der Waals surface area contributed by atoms with Gasteiger partial charge in [0.2, 0.25) is 5.91 Å². The molecule has 1 heterocycles. The van der Waals surface area contributed by atoms with Crippen LogP contribution in [0.1, 0.15) is 30.6 Å². The van der Waals surface area contributed by atoms with E-state index in [0.717, 1.165) is 0 Å². The first kappa shape index (κ1) is 24.5. The van der Waals surface area contributed by atoms with Crippen LogP contribution in [0.25, 0.3) is 0 Å². The van der Waals surface area contributed by atoms with Crippen molar-refractivity contribution in [3.05, 3.63) is 58.1 Å². The number of nitrogens with zero attached hydrogens (tertiary/aromatic N) is 1. The van der Waals surface area contributed by atoms with Gasteiger partial charge in [0.25, 0.3) is 5.91 Å². The van der Waals surface area contributed by atoms with Crippen molar-refractivity contribution in [1.29, 1.82) is 0 Å². The largest absolute Gasteiger partial charge is 0.459 e. The summed E-state index contributed by atoms with van der Waals surface area (Å²) in [4.78, 5) is 50.3. The number of ether oxygens (including phenoxy) is 2. The van der Waals surface area contributed by atoms with Crippen LogP contribution < -0.4 is 10.2 Å². The molecule has 2 aromatic carbocycles. The predicted molar refractivity (Wildman–Crippen MR) is 124 cm³/mol. The minimum absolute atomic E-state index is 0.0439. The summed E-state index contributed by atoms with van der Waals surface area (Å²) in [6.45, 7) is 3.09. The number of amides is 2. The van der Waals surface area contributed by atoms with Gasteiger partial charge in [-0.25, -0.2) is 4.79 Å². The first-order chi connectivity index (χ1) is 15.7. The van der Waals surface area contributed by atoms with E-state index in [1.54, 1.807) is 56.3 Å². The summed E-state index contributed by atoms with van der Waals surface area (Å²) in [5.74, 6) is -2.67. The Balaban J connectivity index is 1.54. The van der Waals surface area contributed by atoms with E-state index >= 15 is 0 Å². The number of nitrogens with one attached hydrogen (secondary N) is 1. The van der Waals surface area contributed by atoms with Gasteiger partial charge in [-0.2, -0.15) is 0 Å². The highest BCUT2D eigenvalue weighted by Crippen LogP contribution is 2.29. The smallest absolute Gasteiger partial charge is 0.338 e. The van der Waals surface area contributed by atoms with Gasteiger partial charge in [-0.15, -0.1) is 0 Å². The number of benzene rings is 2. The summed E-state index contributed by atoms with van der Waals surface area (Å²) >= 11 is 11.9. The molecule has 1 aliphatic heterocycles. The molecule has 2 amide bonds.